The van der Waals surface area contributed by atoms with Crippen molar-refractivity contribution in [3.05, 3.63) is 0 Å². The quantitative estimate of drug-likeness (QED) is 0.425. The SMILES string of the molecule is C[C@H]1CNCCN[C@@H](CCCN)CN[C@@H]2CCCC[C@H]2NCCN1. The van der Waals surface area contributed by atoms with Crippen molar-refractivity contribution in [1.82, 2.24) is 26.6 Å². The third-order valence-electron chi connectivity index (χ3n) is 5.36. The van der Waals surface area contributed by atoms with Crippen molar-refractivity contribution in [1.29, 1.82) is 0 Å². The summed E-state index contributed by atoms with van der Waals surface area (Å²) in [6.45, 7) is 9.27. The van der Waals surface area contributed by atoms with Crippen LogP contribution in [-0.2, 0) is 0 Å². The summed E-state index contributed by atoms with van der Waals surface area (Å²) in [4.78, 5) is 0. The molecule has 0 aromatic rings. The smallest absolute Gasteiger partial charge is 0.0221 e. The second kappa shape index (κ2) is 12.2. The maximum absolute atomic E-state index is 5.72. The van der Waals surface area contributed by atoms with E-state index in [-0.39, 0.29) is 0 Å². The number of rotatable bonds is 3. The minimum atomic E-state index is 0.519. The standard InChI is InChI=1S/C18H40N6/c1-15-13-20-9-10-22-16(5-4-8-19)14-24-18-7-3-2-6-17(18)23-12-11-21-15/h15-18,20-24H,2-14,19H2,1H3/t15-,16-,17+,18+/m0/s1. The second-order valence-corrected chi connectivity index (χ2v) is 7.50. The summed E-state index contributed by atoms with van der Waals surface area (Å²) in [6.07, 6.45) is 7.57. The van der Waals surface area contributed by atoms with Crippen LogP contribution < -0.4 is 32.3 Å². The van der Waals surface area contributed by atoms with Crippen molar-refractivity contribution in [3.8, 4) is 0 Å². The van der Waals surface area contributed by atoms with Crippen molar-refractivity contribution in [2.45, 2.75) is 69.6 Å². The van der Waals surface area contributed by atoms with Gasteiger partial charge in [-0.2, -0.15) is 0 Å². The van der Waals surface area contributed by atoms with Gasteiger partial charge in [0, 0.05) is 63.4 Å². The Morgan fingerprint density at radius 2 is 1.54 bits per heavy atom. The summed E-state index contributed by atoms with van der Waals surface area (Å²) in [7, 11) is 0. The van der Waals surface area contributed by atoms with E-state index in [1.54, 1.807) is 0 Å². The van der Waals surface area contributed by atoms with Crippen LogP contribution in [-0.4, -0.2) is 70.0 Å². The van der Waals surface area contributed by atoms with Gasteiger partial charge in [-0.15, -0.1) is 0 Å². The third-order valence-corrected chi connectivity index (χ3v) is 5.36. The molecule has 2 aliphatic rings. The number of hydrogen-bond acceptors (Lipinski definition) is 6. The summed E-state index contributed by atoms with van der Waals surface area (Å²) < 4.78 is 0. The van der Waals surface area contributed by atoms with Crippen molar-refractivity contribution in [2.24, 2.45) is 5.73 Å². The van der Waals surface area contributed by atoms with Gasteiger partial charge in [-0.05, 0) is 39.2 Å². The van der Waals surface area contributed by atoms with Gasteiger partial charge in [-0.25, -0.2) is 0 Å². The second-order valence-electron chi connectivity index (χ2n) is 7.50. The Balaban J connectivity index is 1.88. The van der Waals surface area contributed by atoms with Crippen molar-refractivity contribution >= 4 is 0 Å². The van der Waals surface area contributed by atoms with Gasteiger partial charge >= 0.3 is 0 Å². The summed E-state index contributed by atoms with van der Waals surface area (Å²) >= 11 is 0. The Bertz CT molecular complexity index is 314. The van der Waals surface area contributed by atoms with Gasteiger partial charge in [0.25, 0.3) is 0 Å². The third kappa shape index (κ3) is 7.76. The fourth-order valence-corrected chi connectivity index (χ4v) is 3.89. The van der Waals surface area contributed by atoms with E-state index < -0.39 is 0 Å². The van der Waals surface area contributed by atoms with Gasteiger partial charge in [-0.3, -0.25) is 0 Å². The minimum Gasteiger partial charge on any atom is -0.330 e. The van der Waals surface area contributed by atoms with Gasteiger partial charge in [0.1, 0.15) is 0 Å². The van der Waals surface area contributed by atoms with E-state index in [0.717, 1.165) is 58.7 Å². The lowest BCUT2D eigenvalue weighted by molar-refractivity contribution is 0.273. The first-order chi connectivity index (χ1) is 11.8. The molecule has 0 spiro atoms. The van der Waals surface area contributed by atoms with Crippen LogP contribution in [0.15, 0.2) is 0 Å². The van der Waals surface area contributed by atoms with Crippen LogP contribution in [0.1, 0.15) is 45.4 Å². The fourth-order valence-electron chi connectivity index (χ4n) is 3.89. The number of nitrogens with two attached hydrogens (primary N) is 1. The summed E-state index contributed by atoms with van der Waals surface area (Å²) in [5, 5.41) is 18.5. The number of hydrogen-bond donors (Lipinski definition) is 6. The maximum atomic E-state index is 5.72. The molecule has 0 aromatic heterocycles. The van der Waals surface area contributed by atoms with E-state index in [1.807, 2.05) is 0 Å². The molecule has 4 atom stereocenters. The normalized spacial score (nSPS) is 34.8. The van der Waals surface area contributed by atoms with Crippen LogP contribution in [0, 0.1) is 0 Å². The largest absolute Gasteiger partial charge is 0.330 e. The van der Waals surface area contributed by atoms with Crippen LogP contribution in [0.4, 0.5) is 0 Å². The Morgan fingerprint density at radius 1 is 0.833 bits per heavy atom. The monoisotopic (exact) mass is 340 g/mol. The molecule has 0 bridgehead atoms. The van der Waals surface area contributed by atoms with E-state index >= 15 is 0 Å². The highest BCUT2D eigenvalue weighted by Gasteiger charge is 2.24. The molecule has 142 valence electrons. The average Bonchev–Trinajstić information content (AvgIpc) is 2.60. The first-order valence-electron chi connectivity index (χ1n) is 10.1. The Morgan fingerprint density at radius 3 is 2.33 bits per heavy atom. The maximum Gasteiger partial charge on any atom is 0.0221 e. The lowest BCUT2D eigenvalue weighted by Crippen LogP contribution is -2.54. The van der Waals surface area contributed by atoms with Crippen LogP contribution in [0.25, 0.3) is 0 Å². The topological polar surface area (TPSA) is 86.2 Å². The molecule has 1 saturated heterocycles. The molecule has 0 unspecified atom stereocenters. The molecule has 1 aliphatic heterocycles. The molecule has 0 aromatic carbocycles. The zero-order valence-corrected chi connectivity index (χ0v) is 15.6. The molecule has 7 N–H and O–H groups in total. The van der Waals surface area contributed by atoms with Gasteiger partial charge in [0.2, 0.25) is 0 Å². The lowest BCUT2D eigenvalue weighted by Gasteiger charge is -2.34. The molecular formula is C18H40N6. The van der Waals surface area contributed by atoms with Crippen LogP contribution in [0.3, 0.4) is 0 Å². The summed E-state index contributed by atoms with van der Waals surface area (Å²) in [5.41, 5.74) is 5.72. The molecule has 6 nitrogen and oxygen atoms in total. The van der Waals surface area contributed by atoms with Crippen molar-refractivity contribution in [3.63, 3.8) is 0 Å². The van der Waals surface area contributed by atoms with Crippen molar-refractivity contribution in [2.75, 3.05) is 45.8 Å². The van der Waals surface area contributed by atoms with E-state index in [9.17, 15) is 0 Å². The highest BCUT2D eigenvalue weighted by atomic mass is 15.1. The summed E-state index contributed by atoms with van der Waals surface area (Å²) in [5.74, 6) is 0. The van der Waals surface area contributed by atoms with Crippen LogP contribution >= 0.6 is 0 Å². The Kier molecular flexibility index (Phi) is 10.2. The van der Waals surface area contributed by atoms with Crippen LogP contribution in [0.5, 0.6) is 0 Å². The molecule has 24 heavy (non-hydrogen) atoms. The lowest BCUT2D eigenvalue weighted by atomic mass is 9.90. The van der Waals surface area contributed by atoms with Gasteiger partial charge in [0.15, 0.2) is 0 Å². The Labute approximate surface area is 148 Å². The molecule has 6 heteroatoms. The van der Waals surface area contributed by atoms with E-state index in [4.69, 9.17) is 5.73 Å². The molecule has 0 radical (unpaired) electrons. The van der Waals surface area contributed by atoms with Gasteiger partial charge in [-0.1, -0.05) is 12.8 Å². The van der Waals surface area contributed by atoms with E-state index in [0.29, 0.717) is 24.2 Å². The molecular weight excluding hydrogens is 300 g/mol. The van der Waals surface area contributed by atoms with Gasteiger partial charge < -0.3 is 32.3 Å². The first-order valence-corrected chi connectivity index (χ1v) is 10.1. The van der Waals surface area contributed by atoms with E-state index in [1.165, 1.54) is 25.7 Å². The zero-order valence-electron chi connectivity index (χ0n) is 15.6. The fraction of sp³-hybridized carbons (Fsp3) is 1.00. The molecule has 0 amide bonds. The summed E-state index contributed by atoms with van der Waals surface area (Å²) in [6, 6.07) is 2.28. The molecule has 2 fully saturated rings. The predicted octanol–water partition coefficient (Wildman–Crippen LogP) is -0.245. The predicted molar refractivity (Wildman–Crippen MR) is 102 cm³/mol. The van der Waals surface area contributed by atoms with Crippen LogP contribution in [0.2, 0.25) is 0 Å². The number of nitrogens with one attached hydrogen (secondary N) is 5. The first kappa shape index (κ1) is 20.1. The molecule has 1 aliphatic carbocycles. The minimum absolute atomic E-state index is 0.519. The molecule has 1 saturated carbocycles. The highest BCUT2D eigenvalue weighted by Crippen LogP contribution is 2.18. The zero-order chi connectivity index (χ0) is 17.0. The average molecular weight is 341 g/mol. The Hall–Kier alpha value is -0.240. The van der Waals surface area contributed by atoms with Gasteiger partial charge in [0.05, 0.1) is 0 Å². The van der Waals surface area contributed by atoms with E-state index in [2.05, 4.69) is 33.5 Å². The molecule has 1 heterocycles. The number of fused-ring (bicyclic) bond motifs is 1. The highest BCUT2D eigenvalue weighted by molar-refractivity contribution is 4.88. The molecule has 2 rings (SSSR count). The van der Waals surface area contributed by atoms with Crippen molar-refractivity contribution < 1.29 is 0 Å².